The van der Waals surface area contributed by atoms with Crippen molar-refractivity contribution in [2.75, 3.05) is 13.6 Å². The highest BCUT2D eigenvalue weighted by atomic mass is 16.6. The summed E-state index contributed by atoms with van der Waals surface area (Å²) in [6.07, 6.45) is 12.9. The fourth-order valence-electron chi connectivity index (χ4n) is 3.66. The van der Waals surface area contributed by atoms with Crippen molar-refractivity contribution in [3.63, 3.8) is 0 Å². The third kappa shape index (κ3) is 10.9. The molecule has 0 unspecified atom stereocenters. The van der Waals surface area contributed by atoms with E-state index in [2.05, 4.69) is 41.3 Å². The van der Waals surface area contributed by atoms with E-state index in [-0.39, 0.29) is 6.09 Å². The number of ether oxygens (including phenoxy) is 1. The van der Waals surface area contributed by atoms with E-state index >= 15 is 0 Å². The zero-order valence-electron chi connectivity index (χ0n) is 21.4. The van der Waals surface area contributed by atoms with Crippen LogP contribution in [0.1, 0.15) is 96.9 Å². The highest BCUT2D eigenvalue weighted by Gasteiger charge is 2.19. The topological polar surface area (TPSA) is 68.5 Å². The molecule has 1 heterocycles. The number of carbonyl (C=O) groups is 1. The summed E-state index contributed by atoms with van der Waals surface area (Å²) >= 11 is 0. The summed E-state index contributed by atoms with van der Waals surface area (Å²) in [6, 6.07) is 8.49. The highest BCUT2D eigenvalue weighted by Crippen LogP contribution is 2.19. The van der Waals surface area contributed by atoms with Gasteiger partial charge in [-0.25, -0.2) is 4.79 Å². The molecule has 1 aromatic carbocycles. The van der Waals surface area contributed by atoms with Gasteiger partial charge in [-0.05, 0) is 45.6 Å². The number of nitrogens with zero attached hydrogens (tertiary/aromatic N) is 3. The van der Waals surface area contributed by atoms with Gasteiger partial charge in [-0.2, -0.15) is 4.98 Å². The van der Waals surface area contributed by atoms with Crippen LogP contribution in [0.15, 0.2) is 28.8 Å². The first-order valence-corrected chi connectivity index (χ1v) is 12.6. The van der Waals surface area contributed by atoms with Crippen molar-refractivity contribution < 1.29 is 14.1 Å². The van der Waals surface area contributed by atoms with Crippen LogP contribution in [0.4, 0.5) is 4.79 Å². The predicted molar refractivity (Wildman–Crippen MR) is 133 cm³/mol. The van der Waals surface area contributed by atoms with Crippen LogP contribution >= 0.6 is 0 Å². The predicted octanol–water partition coefficient (Wildman–Crippen LogP) is 7.22. The molecule has 0 aliphatic heterocycles. The molecule has 33 heavy (non-hydrogen) atoms. The van der Waals surface area contributed by atoms with Gasteiger partial charge in [0.15, 0.2) is 0 Å². The number of rotatable bonds is 14. The van der Waals surface area contributed by atoms with E-state index in [9.17, 15) is 4.79 Å². The van der Waals surface area contributed by atoms with E-state index in [1.54, 1.807) is 11.9 Å². The van der Waals surface area contributed by atoms with Crippen molar-refractivity contribution in [1.82, 2.24) is 15.0 Å². The summed E-state index contributed by atoms with van der Waals surface area (Å²) < 4.78 is 10.8. The largest absolute Gasteiger partial charge is 0.444 e. The monoisotopic (exact) mass is 457 g/mol. The van der Waals surface area contributed by atoms with Crippen LogP contribution in [0.3, 0.4) is 0 Å². The van der Waals surface area contributed by atoms with Gasteiger partial charge in [-0.3, -0.25) is 0 Å². The van der Waals surface area contributed by atoms with Gasteiger partial charge in [-0.15, -0.1) is 0 Å². The van der Waals surface area contributed by atoms with Gasteiger partial charge in [-0.1, -0.05) is 81.3 Å². The first kappa shape index (κ1) is 26.9. The normalized spacial score (nSPS) is 11.5. The second kappa shape index (κ2) is 14.0. The number of aromatic nitrogens is 2. The van der Waals surface area contributed by atoms with E-state index in [1.165, 1.54) is 56.9 Å². The Kier molecular flexibility index (Phi) is 11.4. The van der Waals surface area contributed by atoms with Crippen LogP contribution in [0, 0.1) is 0 Å². The molecule has 0 aliphatic carbocycles. The molecule has 0 saturated carbocycles. The third-order valence-corrected chi connectivity index (χ3v) is 5.59. The van der Waals surface area contributed by atoms with Crippen molar-refractivity contribution in [2.45, 2.75) is 104 Å². The fraction of sp³-hybridized carbons (Fsp3) is 0.667. The maximum absolute atomic E-state index is 12.0. The fourth-order valence-corrected chi connectivity index (χ4v) is 3.66. The third-order valence-electron chi connectivity index (χ3n) is 5.59. The lowest BCUT2D eigenvalue weighted by Gasteiger charge is -2.24. The van der Waals surface area contributed by atoms with E-state index in [1.807, 2.05) is 20.8 Å². The molecule has 2 aromatic rings. The molecule has 0 saturated heterocycles. The number of carbonyl (C=O) groups excluding carboxylic acids is 1. The van der Waals surface area contributed by atoms with Crippen molar-refractivity contribution >= 4 is 6.09 Å². The maximum atomic E-state index is 12.0. The molecule has 0 bridgehead atoms. The average Bonchev–Trinajstić information content (AvgIpc) is 3.23. The van der Waals surface area contributed by atoms with Gasteiger partial charge in [0.05, 0.1) is 0 Å². The quantitative estimate of drug-likeness (QED) is 0.280. The Balaban J connectivity index is 1.69. The van der Waals surface area contributed by atoms with E-state index in [0.717, 1.165) is 18.4 Å². The first-order valence-electron chi connectivity index (χ1n) is 12.6. The van der Waals surface area contributed by atoms with Gasteiger partial charge in [0.2, 0.25) is 11.7 Å². The zero-order valence-corrected chi connectivity index (χ0v) is 21.4. The number of aryl methyl sites for hydroxylation is 2. The number of hydrogen-bond donors (Lipinski definition) is 0. The SMILES string of the molecule is CCCCCCCCCCc1ccc(-c2noc(CCCN(C)C(=O)OC(C)(C)C)n2)cc1. The van der Waals surface area contributed by atoms with Crippen molar-refractivity contribution in [2.24, 2.45) is 0 Å². The number of amides is 1. The highest BCUT2D eigenvalue weighted by molar-refractivity contribution is 5.67. The molecule has 0 radical (unpaired) electrons. The Morgan fingerprint density at radius 3 is 2.21 bits per heavy atom. The molecule has 0 N–H and O–H groups in total. The van der Waals surface area contributed by atoms with E-state index < -0.39 is 5.60 Å². The lowest BCUT2D eigenvalue weighted by molar-refractivity contribution is 0.0296. The Labute approximate surface area is 200 Å². The molecule has 0 spiro atoms. The Morgan fingerprint density at radius 1 is 0.939 bits per heavy atom. The molecule has 6 nitrogen and oxygen atoms in total. The van der Waals surface area contributed by atoms with Crippen LogP contribution in [0.2, 0.25) is 0 Å². The smallest absolute Gasteiger partial charge is 0.410 e. The number of unbranched alkanes of at least 4 members (excludes halogenated alkanes) is 7. The Bertz CT molecular complexity index is 809. The molecule has 1 amide bonds. The first-order chi connectivity index (χ1) is 15.8. The van der Waals surface area contributed by atoms with Gasteiger partial charge in [0, 0.05) is 25.6 Å². The molecular weight excluding hydrogens is 414 g/mol. The maximum Gasteiger partial charge on any atom is 0.410 e. The lowest BCUT2D eigenvalue weighted by Crippen LogP contribution is -2.34. The van der Waals surface area contributed by atoms with Crippen LogP contribution in [0.25, 0.3) is 11.4 Å². The number of benzene rings is 1. The Morgan fingerprint density at radius 2 is 1.58 bits per heavy atom. The van der Waals surface area contributed by atoms with Crippen LogP contribution in [-0.4, -0.2) is 40.3 Å². The van der Waals surface area contributed by atoms with Gasteiger partial charge < -0.3 is 14.2 Å². The molecule has 2 rings (SSSR count). The second-order valence-electron chi connectivity index (χ2n) is 9.94. The minimum Gasteiger partial charge on any atom is -0.444 e. The summed E-state index contributed by atoms with van der Waals surface area (Å²) in [5.74, 6) is 1.20. The van der Waals surface area contributed by atoms with Gasteiger partial charge in [0.25, 0.3) is 0 Å². The van der Waals surface area contributed by atoms with Crippen molar-refractivity contribution in [3.8, 4) is 11.4 Å². The van der Waals surface area contributed by atoms with Crippen LogP contribution < -0.4 is 0 Å². The van der Waals surface area contributed by atoms with Crippen LogP contribution in [0.5, 0.6) is 0 Å². The molecular formula is C27H43N3O3. The lowest BCUT2D eigenvalue weighted by atomic mass is 10.0. The second-order valence-corrected chi connectivity index (χ2v) is 9.94. The van der Waals surface area contributed by atoms with Gasteiger partial charge in [0.1, 0.15) is 5.60 Å². The molecule has 0 aliphatic rings. The van der Waals surface area contributed by atoms with E-state index in [4.69, 9.17) is 9.26 Å². The van der Waals surface area contributed by atoms with E-state index in [0.29, 0.717) is 24.7 Å². The van der Waals surface area contributed by atoms with Crippen molar-refractivity contribution in [1.29, 1.82) is 0 Å². The Hall–Kier alpha value is -2.37. The summed E-state index contributed by atoms with van der Waals surface area (Å²) in [6.45, 7) is 8.42. The van der Waals surface area contributed by atoms with Gasteiger partial charge >= 0.3 is 6.09 Å². The van der Waals surface area contributed by atoms with Crippen LogP contribution in [-0.2, 0) is 17.6 Å². The summed E-state index contributed by atoms with van der Waals surface area (Å²) in [5, 5.41) is 4.12. The summed E-state index contributed by atoms with van der Waals surface area (Å²) in [5.41, 5.74) is 1.84. The molecule has 1 aromatic heterocycles. The van der Waals surface area contributed by atoms with Crippen molar-refractivity contribution in [3.05, 3.63) is 35.7 Å². The molecule has 184 valence electrons. The summed E-state index contributed by atoms with van der Waals surface area (Å²) in [4.78, 5) is 18.1. The zero-order chi connectivity index (χ0) is 24.1. The summed E-state index contributed by atoms with van der Waals surface area (Å²) in [7, 11) is 1.74. The minimum absolute atomic E-state index is 0.319. The standard InChI is InChI=1S/C27H43N3O3/c1-6-7-8-9-10-11-12-13-15-22-17-19-23(20-18-22)25-28-24(33-29-25)16-14-21-30(5)26(31)32-27(2,3)4/h17-20H,6-16,21H2,1-5H3. The molecule has 0 fully saturated rings. The average molecular weight is 458 g/mol. The molecule has 6 heteroatoms. The molecule has 0 atom stereocenters. The minimum atomic E-state index is -0.490. The number of hydrogen-bond acceptors (Lipinski definition) is 5.